The molecule has 1 unspecified atom stereocenters. The molecule has 0 radical (unpaired) electrons. The molecule has 1 aliphatic carbocycles. The third kappa shape index (κ3) is 4.20. The van der Waals surface area contributed by atoms with E-state index < -0.39 is 9.84 Å². The quantitative estimate of drug-likeness (QED) is 0.783. The van der Waals surface area contributed by atoms with E-state index in [1.807, 2.05) is 0 Å². The van der Waals surface area contributed by atoms with Crippen molar-refractivity contribution in [3.8, 4) is 0 Å². The van der Waals surface area contributed by atoms with Crippen molar-refractivity contribution in [2.45, 2.75) is 76.4 Å². The number of hydrogen-bond acceptors (Lipinski definition) is 4. The molecule has 2 fully saturated rings. The van der Waals surface area contributed by atoms with Crippen molar-refractivity contribution in [3.05, 3.63) is 0 Å². The monoisotopic (exact) mass is 317 g/mol. The Morgan fingerprint density at radius 2 is 1.71 bits per heavy atom. The zero-order valence-electron chi connectivity index (χ0n) is 13.4. The van der Waals surface area contributed by atoms with Gasteiger partial charge in [0.05, 0.1) is 11.9 Å². The van der Waals surface area contributed by atoms with Crippen LogP contribution in [0.4, 0.5) is 0 Å². The predicted molar refractivity (Wildman–Crippen MR) is 86.2 cm³/mol. The highest BCUT2D eigenvalue weighted by Crippen LogP contribution is 2.40. The Bertz CT molecular complexity index is 409. The van der Waals surface area contributed by atoms with Crippen molar-refractivity contribution >= 4 is 9.84 Å². The Hall–Kier alpha value is -0.130. The zero-order valence-corrected chi connectivity index (χ0v) is 14.2. The Kier molecular flexibility index (Phi) is 6.09. The topological polar surface area (TPSA) is 57.6 Å². The first kappa shape index (κ1) is 17.2. The molecule has 21 heavy (non-hydrogen) atoms. The van der Waals surface area contributed by atoms with Gasteiger partial charge in [0.15, 0.2) is 0 Å². The highest BCUT2D eigenvalue weighted by Gasteiger charge is 2.45. The van der Waals surface area contributed by atoms with Crippen LogP contribution in [0.15, 0.2) is 0 Å². The van der Waals surface area contributed by atoms with Crippen LogP contribution in [0, 0.1) is 0 Å². The Morgan fingerprint density at radius 3 is 2.29 bits per heavy atom. The summed E-state index contributed by atoms with van der Waals surface area (Å²) in [4.78, 5) is 2.52. The van der Waals surface area contributed by atoms with Crippen molar-refractivity contribution in [1.29, 1.82) is 0 Å². The number of likely N-dealkylation sites (tertiary alicyclic amines) is 1. The molecule has 1 saturated carbocycles. The number of hydrogen-bond donors (Lipinski definition) is 1. The average molecular weight is 317 g/mol. The summed E-state index contributed by atoms with van der Waals surface area (Å²) in [5.41, 5.74) is -0.0591. The molecule has 4 nitrogen and oxygen atoms in total. The number of rotatable bonds is 7. The maximum absolute atomic E-state index is 11.6. The number of aliphatic hydroxyl groups excluding tert-OH is 1. The van der Waals surface area contributed by atoms with E-state index in [4.69, 9.17) is 0 Å². The molecule has 0 aromatic rings. The minimum Gasteiger partial charge on any atom is -0.391 e. The van der Waals surface area contributed by atoms with Gasteiger partial charge in [0.1, 0.15) is 9.84 Å². The summed E-state index contributed by atoms with van der Waals surface area (Å²) < 4.78 is 23.2. The summed E-state index contributed by atoms with van der Waals surface area (Å²) >= 11 is 0. The molecule has 2 aliphatic rings. The molecule has 1 heterocycles. The van der Waals surface area contributed by atoms with Gasteiger partial charge < -0.3 is 5.11 Å². The van der Waals surface area contributed by atoms with Crippen molar-refractivity contribution < 1.29 is 13.5 Å². The van der Waals surface area contributed by atoms with Gasteiger partial charge in [-0.05, 0) is 51.6 Å². The SMILES string of the molecule is CCS(=O)(=O)CCCC(O)C1(N2CCCCC2)CCCC1. The van der Waals surface area contributed by atoms with E-state index in [1.54, 1.807) is 6.92 Å². The second kappa shape index (κ2) is 7.42. The minimum atomic E-state index is -2.91. The molecule has 1 N–H and O–H groups in total. The standard InChI is InChI=1S/C16H31NO3S/c1-2-21(19,20)14-8-9-15(18)16(10-4-5-11-16)17-12-6-3-7-13-17/h15,18H,2-14H2,1H3. The van der Waals surface area contributed by atoms with Crippen LogP contribution in [0.3, 0.4) is 0 Å². The van der Waals surface area contributed by atoms with Crippen molar-refractivity contribution in [1.82, 2.24) is 4.90 Å². The van der Waals surface area contributed by atoms with Gasteiger partial charge in [0, 0.05) is 11.3 Å². The molecule has 2 rings (SSSR count). The van der Waals surface area contributed by atoms with E-state index in [0.29, 0.717) is 12.8 Å². The summed E-state index contributed by atoms with van der Waals surface area (Å²) in [6, 6.07) is 0. The van der Waals surface area contributed by atoms with Crippen LogP contribution in [0.5, 0.6) is 0 Å². The Balaban J connectivity index is 1.94. The van der Waals surface area contributed by atoms with Crippen LogP contribution < -0.4 is 0 Å². The van der Waals surface area contributed by atoms with Gasteiger partial charge in [-0.2, -0.15) is 0 Å². The van der Waals surface area contributed by atoms with E-state index in [2.05, 4.69) is 4.90 Å². The first-order valence-electron chi connectivity index (χ1n) is 8.64. The Labute approximate surface area is 129 Å². The highest BCUT2D eigenvalue weighted by molar-refractivity contribution is 7.91. The lowest BCUT2D eigenvalue weighted by molar-refractivity contribution is -0.0422. The van der Waals surface area contributed by atoms with E-state index in [9.17, 15) is 13.5 Å². The van der Waals surface area contributed by atoms with Crippen LogP contribution >= 0.6 is 0 Å². The van der Waals surface area contributed by atoms with E-state index in [0.717, 1.165) is 25.9 Å². The largest absolute Gasteiger partial charge is 0.391 e. The number of piperidine rings is 1. The maximum atomic E-state index is 11.6. The molecule has 0 bridgehead atoms. The number of sulfone groups is 1. The zero-order chi connectivity index (χ0) is 15.3. The molecule has 0 amide bonds. The van der Waals surface area contributed by atoms with Gasteiger partial charge >= 0.3 is 0 Å². The smallest absolute Gasteiger partial charge is 0.150 e. The lowest BCUT2D eigenvalue weighted by Crippen LogP contribution is -2.56. The van der Waals surface area contributed by atoms with E-state index in [1.165, 1.54) is 32.1 Å². The second-order valence-corrected chi connectivity index (χ2v) is 9.23. The van der Waals surface area contributed by atoms with Crippen molar-refractivity contribution in [2.75, 3.05) is 24.6 Å². The molecule has 0 aromatic carbocycles. The summed E-state index contributed by atoms with van der Waals surface area (Å²) in [5.74, 6) is 0.428. The third-order valence-corrected chi connectivity index (χ3v) is 7.24. The molecule has 1 saturated heterocycles. The van der Waals surface area contributed by atoms with E-state index >= 15 is 0 Å². The summed E-state index contributed by atoms with van der Waals surface area (Å²) in [5, 5.41) is 10.8. The fourth-order valence-electron chi connectivity index (χ4n) is 4.10. The predicted octanol–water partition coefficient (Wildman–Crippen LogP) is 2.36. The molecule has 5 heteroatoms. The molecule has 0 spiro atoms. The van der Waals surface area contributed by atoms with Gasteiger partial charge in [0.2, 0.25) is 0 Å². The van der Waals surface area contributed by atoms with Gasteiger partial charge in [0.25, 0.3) is 0 Å². The van der Waals surface area contributed by atoms with Gasteiger partial charge in [-0.15, -0.1) is 0 Å². The maximum Gasteiger partial charge on any atom is 0.150 e. The van der Waals surface area contributed by atoms with Crippen LogP contribution in [-0.4, -0.2) is 54.7 Å². The van der Waals surface area contributed by atoms with Crippen molar-refractivity contribution in [2.24, 2.45) is 0 Å². The normalized spacial score (nSPS) is 25.0. The van der Waals surface area contributed by atoms with Gasteiger partial charge in [-0.25, -0.2) is 8.42 Å². The van der Waals surface area contributed by atoms with Crippen LogP contribution in [0.2, 0.25) is 0 Å². The number of aliphatic hydroxyl groups is 1. The third-order valence-electron chi connectivity index (χ3n) is 5.45. The van der Waals surface area contributed by atoms with Crippen molar-refractivity contribution in [3.63, 3.8) is 0 Å². The fraction of sp³-hybridized carbons (Fsp3) is 1.00. The minimum absolute atomic E-state index is 0.0591. The molecular weight excluding hydrogens is 286 g/mol. The number of nitrogens with zero attached hydrogens (tertiary/aromatic N) is 1. The van der Waals surface area contributed by atoms with Gasteiger partial charge in [-0.3, -0.25) is 4.90 Å². The van der Waals surface area contributed by atoms with Crippen LogP contribution in [0.25, 0.3) is 0 Å². The molecular formula is C16H31NO3S. The molecule has 0 aromatic heterocycles. The average Bonchev–Trinajstić information content (AvgIpc) is 2.99. The summed E-state index contributed by atoms with van der Waals surface area (Å²) in [6.07, 6.45) is 9.16. The second-order valence-electron chi connectivity index (χ2n) is 6.75. The first-order chi connectivity index (χ1) is 10.0. The highest BCUT2D eigenvalue weighted by atomic mass is 32.2. The lowest BCUT2D eigenvalue weighted by atomic mass is 9.84. The first-order valence-corrected chi connectivity index (χ1v) is 10.5. The van der Waals surface area contributed by atoms with E-state index in [-0.39, 0.29) is 23.1 Å². The Morgan fingerprint density at radius 1 is 1.10 bits per heavy atom. The summed E-state index contributed by atoms with van der Waals surface area (Å²) in [7, 11) is -2.91. The molecule has 1 atom stereocenters. The van der Waals surface area contributed by atoms with Crippen LogP contribution in [0.1, 0.15) is 64.7 Å². The molecule has 1 aliphatic heterocycles. The summed E-state index contributed by atoms with van der Waals surface area (Å²) in [6.45, 7) is 3.90. The van der Waals surface area contributed by atoms with Gasteiger partial charge in [-0.1, -0.05) is 26.2 Å². The molecule has 124 valence electrons. The lowest BCUT2D eigenvalue weighted by Gasteiger charge is -2.46. The fourth-order valence-corrected chi connectivity index (χ4v) is 4.99. The van der Waals surface area contributed by atoms with Crippen LogP contribution in [-0.2, 0) is 9.84 Å².